The Bertz CT molecular complexity index is 1240. The Kier molecular flexibility index (Phi) is 6.97. The predicted octanol–water partition coefficient (Wildman–Crippen LogP) is 5.24. The third-order valence-corrected chi connectivity index (χ3v) is 5.87. The minimum absolute atomic E-state index is 0.0949. The number of benzene rings is 2. The number of nitrogens with zero attached hydrogens (tertiary/aromatic N) is 1. The fourth-order valence-corrected chi connectivity index (χ4v) is 4.25. The molecule has 1 aliphatic rings. The Balaban J connectivity index is 1.51. The van der Waals surface area contributed by atoms with E-state index in [0.29, 0.717) is 48.5 Å². The largest absolute Gasteiger partial charge is 0.493 e. The number of halogens is 2. The number of carbonyl (C=O) groups excluding carboxylic acids is 1. The van der Waals surface area contributed by atoms with E-state index in [1.54, 1.807) is 35.2 Å². The van der Waals surface area contributed by atoms with E-state index in [9.17, 15) is 18.4 Å². The average Bonchev–Trinajstić information content (AvgIpc) is 3.14. The highest BCUT2D eigenvalue weighted by Crippen LogP contribution is 2.30. The Labute approximate surface area is 196 Å². The second kappa shape index (κ2) is 9.93. The molecule has 0 unspecified atom stereocenters. The standard InChI is InChI=1S/C26H28F2N2O4/c1-3-5-20-22(33-4-2)11-8-18-14-21(25(32)34-23(18)20)24(31)29-19-9-6-17(7-10-19)15-30-13-12-26(27,28)16-30/h6-11,14H,3-5,12-13,15-16H2,1-2H3,(H,29,31). The monoisotopic (exact) mass is 470 g/mol. The van der Waals surface area contributed by atoms with Crippen LogP contribution >= 0.6 is 0 Å². The van der Waals surface area contributed by atoms with Crippen LogP contribution in [0.2, 0.25) is 0 Å². The third kappa shape index (κ3) is 5.28. The van der Waals surface area contributed by atoms with E-state index >= 15 is 0 Å². The highest BCUT2D eigenvalue weighted by Gasteiger charge is 2.37. The van der Waals surface area contributed by atoms with Crippen LogP contribution in [0.15, 0.2) is 51.7 Å². The van der Waals surface area contributed by atoms with Crippen molar-refractivity contribution in [1.82, 2.24) is 4.90 Å². The van der Waals surface area contributed by atoms with E-state index in [1.165, 1.54) is 6.07 Å². The molecule has 0 aliphatic carbocycles. The lowest BCUT2D eigenvalue weighted by molar-refractivity contribution is 0.0115. The minimum atomic E-state index is -2.63. The van der Waals surface area contributed by atoms with Gasteiger partial charge >= 0.3 is 5.63 Å². The Hall–Kier alpha value is -3.26. The van der Waals surface area contributed by atoms with Gasteiger partial charge in [0.15, 0.2) is 0 Å². The van der Waals surface area contributed by atoms with Crippen molar-refractivity contribution in [2.24, 2.45) is 0 Å². The maximum absolute atomic E-state index is 13.4. The summed E-state index contributed by atoms with van der Waals surface area (Å²) in [5.41, 5.74) is 1.81. The molecule has 1 N–H and O–H groups in total. The first-order valence-corrected chi connectivity index (χ1v) is 11.5. The number of aryl methyl sites for hydroxylation is 1. The van der Waals surface area contributed by atoms with Crippen molar-refractivity contribution in [3.8, 4) is 5.75 Å². The quantitative estimate of drug-likeness (QED) is 0.456. The van der Waals surface area contributed by atoms with Gasteiger partial charge in [-0.05, 0) is 49.2 Å². The molecule has 2 heterocycles. The Morgan fingerprint density at radius 2 is 1.94 bits per heavy atom. The zero-order chi connectivity index (χ0) is 24.3. The van der Waals surface area contributed by atoms with Gasteiger partial charge in [-0.3, -0.25) is 9.69 Å². The van der Waals surface area contributed by atoms with Crippen LogP contribution < -0.4 is 15.7 Å². The van der Waals surface area contributed by atoms with Crippen molar-refractivity contribution in [3.63, 3.8) is 0 Å². The van der Waals surface area contributed by atoms with E-state index < -0.39 is 17.5 Å². The Morgan fingerprint density at radius 3 is 2.59 bits per heavy atom. The zero-order valence-electron chi connectivity index (χ0n) is 19.3. The van der Waals surface area contributed by atoms with Crippen LogP contribution in [0, 0.1) is 0 Å². The van der Waals surface area contributed by atoms with E-state index in [4.69, 9.17) is 9.15 Å². The van der Waals surface area contributed by atoms with Crippen LogP contribution in [0.5, 0.6) is 5.75 Å². The molecule has 180 valence electrons. The summed E-state index contributed by atoms with van der Waals surface area (Å²) in [4.78, 5) is 27.2. The van der Waals surface area contributed by atoms with E-state index in [1.807, 2.05) is 19.9 Å². The molecule has 1 amide bonds. The fourth-order valence-electron chi connectivity index (χ4n) is 4.25. The maximum Gasteiger partial charge on any atom is 0.349 e. The molecule has 1 aromatic heterocycles. The number of hydrogen-bond acceptors (Lipinski definition) is 5. The van der Waals surface area contributed by atoms with Crippen molar-refractivity contribution >= 4 is 22.6 Å². The highest BCUT2D eigenvalue weighted by molar-refractivity contribution is 6.05. The molecule has 0 spiro atoms. The normalized spacial score (nSPS) is 15.5. The first-order valence-electron chi connectivity index (χ1n) is 11.5. The maximum atomic E-state index is 13.4. The van der Waals surface area contributed by atoms with Crippen LogP contribution in [0.1, 0.15) is 48.2 Å². The van der Waals surface area contributed by atoms with E-state index in [2.05, 4.69) is 5.32 Å². The number of fused-ring (bicyclic) bond motifs is 1. The number of anilines is 1. The number of amides is 1. The average molecular weight is 471 g/mol. The van der Waals surface area contributed by atoms with E-state index in [0.717, 1.165) is 17.5 Å². The van der Waals surface area contributed by atoms with Crippen molar-refractivity contribution in [2.75, 3.05) is 25.0 Å². The number of ether oxygens (including phenoxy) is 1. The fraction of sp³-hybridized carbons (Fsp3) is 0.385. The van der Waals surface area contributed by atoms with Crippen molar-refractivity contribution in [3.05, 3.63) is 69.6 Å². The molecule has 1 aliphatic heterocycles. The number of hydrogen-bond donors (Lipinski definition) is 1. The molecule has 1 saturated heterocycles. The number of rotatable bonds is 8. The summed E-state index contributed by atoms with van der Waals surface area (Å²) in [7, 11) is 0. The van der Waals surface area contributed by atoms with Crippen LogP contribution in [0.25, 0.3) is 11.0 Å². The molecule has 0 radical (unpaired) electrons. The van der Waals surface area contributed by atoms with Gasteiger partial charge in [-0.25, -0.2) is 13.6 Å². The van der Waals surface area contributed by atoms with Gasteiger partial charge in [0.2, 0.25) is 0 Å². The second-order valence-electron chi connectivity index (χ2n) is 8.56. The van der Waals surface area contributed by atoms with Crippen molar-refractivity contribution < 1.29 is 22.7 Å². The number of likely N-dealkylation sites (tertiary alicyclic amines) is 1. The summed E-state index contributed by atoms with van der Waals surface area (Å²) in [5.74, 6) is -2.53. The molecule has 8 heteroatoms. The molecule has 1 fully saturated rings. The van der Waals surface area contributed by atoms with Gasteiger partial charge in [0.05, 0.1) is 13.2 Å². The molecule has 4 rings (SSSR count). The molecule has 0 saturated carbocycles. The minimum Gasteiger partial charge on any atom is -0.493 e. The second-order valence-corrected chi connectivity index (χ2v) is 8.56. The summed E-state index contributed by atoms with van der Waals surface area (Å²) in [6.45, 7) is 4.95. The Morgan fingerprint density at radius 1 is 1.18 bits per heavy atom. The van der Waals surface area contributed by atoms with Crippen molar-refractivity contribution in [1.29, 1.82) is 0 Å². The summed E-state index contributed by atoms with van der Waals surface area (Å²) >= 11 is 0. The topological polar surface area (TPSA) is 71.8 Å². The summed E-state index contributed by atoms with van der Waals surface area (Å²) < 4.78 is 38.0. The number of nitrogens with one attached hydrogen (secondary N) is 1. The lowest BCUT2D eigenvalue weighted by atomic mass is 10.0. The molecule has 2 aromatic carbocycles. The smallest absolute Gasteiger partial charge is 0.349 e. The molecule has 0 atom stereocenters. The molecule has 3 aromatic rings. The molecule has 0 bridgehead atoms. The van der Waals surface area contributed by atoms with Gasteiger partial charge in [0.25, 0.3) is 11.8 Å². The lowest BCUT2D eigenvalue weighted by Gasteiger charge is -2.15. The van der Waals surface area contributed by atoms with Gasteiger partial charge in [0, 0.05) is 36.1 Å². The highest BCUT2D eigenvalue weighted by atomic mass is 19.3. The summed E-state index contributed by atoms with van der Waals surface area (Å²) in [5, 5.41) is 3.36. The molecular formula is C26H28F2N2O4. The van der Waals surface area contributed by atoms with Gasteiger partial charge in [-0.15, -0.1) is 0 Å². The SMILES string of the molecule is CCCc1c(OCC)ccc2cc(C(=O)Nc3ccc(CN4CCC(F)(F)C4)cc3)c(=O)oc12. The van der Waals surface area contributed by atoms with Crippen LogP contribution in [-0.2, 0) is 13.0 Å². The van der Waals surface area contributed by atoms with Crippen LogP contribution in [-0.4, -0.2) is 36.4 Å². The number of carbonyl (C=O) groups is 1. The lowest BCUT2D eigenvalue weighted by Crippen LogP contribution is -2.24. The van der Waals surface area contributed by atoms with Crippen LogP contribution in [0.4, 0.5) is 14.5 Å². The molecule has 6 nitrogen and oxygen atoms in total. The molecular weight excluding hydrogens is 442 g/mol. The summed E-state index contributed by atoms with van der Waals surface area (Å²) in [6.07, 6.45) is 1.41. The van der Waals surface area contributed by atoms with Crippen molar-refractivity contribution in [2.45, 2.75) is 45.6 Å². The van der Waals surface area contributed by atoms with Crippen LogP contribution in [0.3, 0.4) is 0 Å². The summed E-state index contributed by atoms with van der Waals surface area (Å²) in [6, 6.07) is 12.1. The van der Waals surface area contributed by atoms with Gasteiger partial charge in [-0.1, -0.05) is 25.5 Å². The van der Waals surface area contributed by atoms with Gasteiger partial charge in [0.1, 0.15) is 16.9 Å². The van der Waals surface area contributed by atoms with Gasteiger partial charge < -0.3 is 14.5 Å². The first-order chi connectivity index (χ1) is 16.3. The zero-order valence-corrected chi connectivity index (χ0v) is 19.3. The predicted molar refractivity (Wildman–Crippen MR) is 127 cm³/mol. The third-order valence-electron chi connectivity index (χ3n) is 5.87. The molecule has 34 heavy (non-hydrogen) atoms. The van der Waals surface area contributed by atoms with E-state index in [-0.39, 0.29) is 18.5 Å². The number of alkyl halides is 2. The van der Waals surface area contributed by atoms with Gasteiger partial charge in [-0.2, -0.15) is 0 Å². The first kappa shape index (κ1) is 23.9.